The molecule has 4 aromatic rings. The van der Waals surface area contributed by atoms with E-state index in [1.165, 1.54) is 33.2 Å². The minimum atomic E-state index is -0.202. The quantitative estimate of drug-likeness (QED) is 0.176. The zero-order valence-corrected chi connectivity index (χ0v) is 19.5. The number of hydrogen-bond donors (Lipinski definition) is 4. The lowest BCUT2D eigenvalue weighted by atomic mass is 10.1. The smallest absolute Gasteiger partial charge is 0.325 e. The van der Waals surface area contributed by atoms with Crippen molar-refractivity contribution in [3.63, 3.8) is 0 Å². The predicted octanol–water partition coefficient (Wildman–Crippen LogP) is 6.24. The molecule has 2 amide bonds. The molecule has 0 atom stereocenters. The van der Waals surface area contributed by atoms with E-state index in [4.69, 9.17) is 0 Å². The van der Waals surface area contributed by atoms with Crippen molar-refractivity contribution in [3.05, 3.63) is 89.3 Å². The maximum atomic E-state index is 12.0. The Bertz CT molecular complexity index is 1180. The lowest BCUT2D eigenvalue weighted by Crippen LogP contribution is -2.34. The number of carbonyl (C=O) groups is 1. The molecule has 7 heteroatoms. The van der Waals surface area contributed by atoms with E-state index >= 15 is 0 Å². The van der Waals surface area contributed by atoms with Crippen LogP contribution in [0.25, 0.3) is 10.1 Å². The Labute approximate surface area is 196 Å². The largest absolute Gasteiger partial charge is 0.382 e. The van der Waals surface area contributed by atoms with Crippen molar-refractivity contribution in [2.45, 2.75) is 18.4 Å². The number of fused-ring (bicyclic) bond motifs is 1. The number of nitrogens with one attached hydrogen (secondary N) is 4. The fraction of sp³-hybridized carbons (Fsp3) is 0.160. The molecule has 0 radical (unpaired) electrons. The van der Waals surface area contributed by atoms with Gasteiger partial charge in [-0.05, 0) is 65.7 Å². The minimum Gasteiger partial charge on any atom is -0.382 e. The zero-order chi connectivity index (χ0) is 22.2. The summed E-state index contributed by atoms with van der Waals surface area (Å²) in [6.45, 7) is 4.07. The highest BCUT2D eigenvalue weighted by Crippen LogP contribution is 2.30. The first kappa shape index (κ1) is 22.0. The highest BCUT2D eigenvalue weighted by molar-refractivity contribution is 7.98. The monoisotopic (exact) mass is 462 g/mol. The van der Waals surface area contributed by atoms with Gasteiger partial charge in [0.1, 0.15) is 0 Å². The first-order valence-electron chi connectivity index (χ1n) is 10.5. The lowest BCUT2D eigenvalue weighted by Gasteiger charge is -2.14. The average Bonchev–Trinajstić information content (AvgIpc) is 3.25. The summed E-state index contributed by atoms with van der Waals surface area (Å²) in [5, 5.41) is 13.4. The maximum absolute atomic E-state index is 12.0. The van der Waals surface area contributed by atoms with Gasteiger partial charge in [-0.25, -0.2) is 4.79 Å². The van der Waals surface area contributed by atoms with Crippen LogP contribution in [0, 0.1) is 6.92 Å². The number of thiophene rings is 1. The average molecular weight is 463 g/mol. The summed E-state index contributed by atoms with van der Waals surface area (Å²) in [6.07, 6.45) is 0. The first-order chi connectivity index (χ1) is 15.7. The predicted molar refractivity (Wildman–Crippen MR) is 138 cm³/mol. The molecule has 1 aromatic heterocycles. The number of amides is 2. The number of aryl methyl sites for hydroxylation is 1. The summed E-state index contributed by atoms with van der Waals surface area (Å²) in [5.41, 5.74) is 4.68. The van der Waals surface area contributed by atoms with Crippen LogP contribution in [0.4, 0.5) is 16.2 Å². The van der Waals surface area contributed by atoms with Crippen LogP contribution in [-0.2, 0) is 6.54 Å². The van der Waals surface area contributed by atoms with Crippen LogP contribution in [0.5, 0.6) is 0 Å². The summed E-state index contributed by atoms with van der Waals surface area (Å²) in [7, 11) is 0. The molecule has 0 unspecified atom stereocenters. The van der Waals surface area contributed by atoms with Gasteiger partial charge in [0.25, 0.3) is 0 Å². The second-order valence-electron chi connectivity index (χ2n) is 7.31. The second-order valence-corrected chi connectivity index (χ2v) is 9.10. The van der Waals surface area contributed by atoms with Crippen molar-refractivity contribution < 1.29 is 4.79 Å². The van der Waals surface area contributed by atoms with E-state index in [1.54, 1.807) is 11.3 Å². The molecule has 0 fully saturated rings. The Hall–Kier alpha value is -3.16. The second kappa shape index (κ2) is 10.9. The van der Waals surface area contributed by atoms with E-state index in [0.29, 0.717) is 13.1 Å². The van der Waals surface area contributed by atoms with E-state index in [1.807, 2.05) is 48.5 Å². The zero-order valence-electron chi connectivity index (χ0n) is 17.9. The van der Waals surface area contributed by atoms with Crippen LogP contribution in [0.1, 0.15) is 11.1 Å². The van der Waals surface area contributed by atoms with E-state index in [-0.39, 0.29) is 6.03 Å². The van der Waals surface area contributed by atoms with Crippen LogP contribution in [-0.4, -0.2) is 19.1 Å². The third kappa shape index (κ3) is 5.75. The molecule has 0 aliphatic heterocycles. The summed E-state index contributed by atoms with van der Waals surface area (Å²) in [4.78, 5) is 13.0. The van der Waals surface area contributed by atoms with Gasteiger partial charge in [-0.15, -0.1) is 11.3 Å². The lowest BCUT2D eigenvalue weighted by molar-refractivity contribution is 0.247. The van der Waals surface area contributed by atoms with Gasteiger partial charge in [0.15, 0.2) is 0 Å². The fourth-order valence-electron chi connectivity index (χ4n) is 3.46. The minimum absolute atomic E-state index is 0.202. The Morgan fingerprint density at radius 1 is 0.875 bits per heavy atom. The van der Waals surface area contributed by atoms with Crippen molar-refractivity contribution in [1.82, 2.24) is 10.0 Å². The molecule has 32 heavy (non-hydrogen) atoms. The Morgan fingerprint density at radius 2 is 1.62 bits per heavy atom. The van der Waals surface area contributed by atoms with Crippen LogP contribution in [0.3, 0.4) is 0 Å². The molecule has 0 aliphatic rings. The third-order valence-electron chi connectivity index (χ3n) is 5.01. The Morgan fingerprint density at radius 3 is 2.44 bits per heavy atom. The van der Waals surface area contributed by atoms with E-state index in [2.05, 4.69) is 57.2 Å². The van der Waals surface area contributed by atoms with E-state index in [9.17, 15) is 4.79 Å². The Kier molecular flexibility index (Phi) is 7.53. The topological polar surface area (TPSA) is 65.2 Å². The van der Waals surface area contributed by atoms with Crippen molar-refractivity contribution in [1.29, 1.82) is 0 Å². The molecule has 0 saturated carbocycles. The maximum Gasteiger partial charge on any atom is 0.325 e. The third-order valence-corrected chi connectivity index (χ3v) is 6.80. The summed E-state index contributed by atoms with van der Waals surface area (Å²) in [6, 6.07) is 24.1. The molecular weight excluding hydrogens is 436 g/mol. The molecule has 0 spiro atoms. The van der Waals surface area contributed by atoms with Gasteiger partial charge < -0.3 is 16.0 Å². The van der Waals surface area contributed by atoms with Crippen LogP contribution < -0.4 is 20.7 Å². The van der Waals surface area contributed by atoms with Gasteiger partial charge in [0.2, 0.25) is 0 Å². The number of hydrogen-bond acceptors (Lipinski definition) is 5. The summed E-state index contributed by atoms with van der Waals surface area (Å²) in [5.74, 6) is 0. The molecule has 0 aliphatic carbocycles. The van der Waals surface area contributed by atoms with Gasteiger partial charge in [-0.2, -0.15) is 0 Å². The van der Waals surface area contributed by atoms with E-state index < -0.39 is 0 Å². The number of anilines is 2. The molecule has 3 aromatic carbocycles. The molecule has 0 saturated heterocycles. The summed E-state index contributed by atoms with van der Waals surface area (Å²) < 4.78 is 4.11. The molecule has 0 bridgehead atoms. The van der Waals surface area contributed by atoms with Crippen molar-refractivity contribution in [3.8, 4) is 0 Å². The van der Waals surface area contributed by atoms with Crippen LogP contribution >= 0.6 is 23.3 Å². The molecular formula is C25H26N4OS2. The molecule has 164 valence electrons. The first-order valence-corrected chi connectivity index (χ1v) is 12.2. The van der Waals surface area contributed by atoms with Gasteiger partial charge in [0, 0.05) is 34.6 Å². The van der Waals surface area contributed by atoms with Gasteiger partial charge in [-0.3, -0.25) is 4.72 Å². The van der Waals surface area contributed by atoms with E-state index in [0.717, 1.165) is 22.8 Å². The van der Waals surface area contributed by atoms with Crippen LogP contribution in [0.15, 0.2) is 83.1 Å². The SMILES string of the molecule is Cc1cccc2scc(CNc3ccccc3NCCNC(=O)NSc3ccccc3)c12. The van der Waals surface area contributed by atoms with Crippen molar-refractivity contribution in [2.24, 2.45) is 0 Å². The standard InChI is InChI=1S/C25H26N4OS2/c1-18-8-7-13-23-24(18)19(17-31-23)16-28-22-12-6-5-11-21(22)26-14-15-27-25(30)29-32-20-9-3-2-4-10-20/h2-13,17,26,28H,14-16H2,1H3,(H2,27,29,30). The van der Waals surface area contributed by atoms with Crippen LogP contribution in [0.2, 0.25) is 0 Å². The van der Waals surface area contributed by atoms with Crippen molar-refractivity contribution in [2.75, 3.05) is 23.7 Å². The Balaban J connectivity index is 1.26. The number of rotatable bonds is 9. The normalized spacial score (nSPS) is 10.7. The van der Waals surface area contributed by atoms with Gasteiger partial charge >= 0.3 is 6.03 Å². The number of para-hydroxylation sites is 2. The highest BCUT2D eigenvalue weighted by Gasteiger charge is 2.08. The van der Waals surface area contributed by atoms with Gasteiger partial charge in [0.05, 0.1) is 11.4 Å². The number of urea groups is 1. The summed E-state index contributed by atoms with van der Waals surface area (Å²) >= 11 is 3.09. The molecule has 1 heterocycles. The molecule has 4 rings (SSSR count). The fourth-order valence-corrected chi connectivity index (χ4v) is 5.07. The number of carbonyl (C=O) groups excluding carboxylic acids is 1. The van der Waals surface area contributed by atoms with Gasteiger partial charge in [-0.1, -0.05) is 42.5 Å². The molecule has 4 N–H and O–H groups in total. The molecule has 5 nitrogen and oxygen atoms in total. The number of benzene rings is 3. The highest BCUT2D eigenvalue weighted by atomic mass is 32.2. The van der Waals surface area contributed by atoms with Crippen molar-refractivity contribution >= 4 is 50.8 Å².